The molecule has 0 bridgehead atoms. The van der Waals surface area contributed by atoms with E-state index < -0.39 is 26.8 Å². The van der Waals surface area contributed by atoms with Crippen LogP contribution in [-0.2, 0) is 26.7 Å². The van der Waals surface area contributed by atoms with Crippen molar-refractivity contribution in [3.05, 3.63) is 95.3 Å². The second kappa shape index (κ2) is 10.6. The van der Waals surface area contributed by atoms with Crippen LogP contribution < -0.4 is 10.1 Å². The van der Waals surface area contributed by atoms with E-state index in [1.807, 2.05) is 30.3 Å². The fourth-order valence-corrected chi connectivity index (χ4v) is 4.28. The summed E-state index contributed by atoms with van der Waals surface area (Å²) in [6.07, 6.45) is 0.165. The van der Waals surface area contributed by atoms with Gasteiger partial charge in [-0.3, -0.25) is 9.59 Å². The Morgan fingerprint density at radius 3 is 2.27 bits per heavy atom. The predicted octanol–water partition coefficient (Wildman–Crippen LogP) is 3.91. The molecule has 0 spiro atoms. The van der Waals surface area contributed by atoms with Gasteiger partial charge in [0.2, 0.25) is 0 Å². The van der Waals surface area contributed by atoms with Crippen molar-refractivity contribution in [2.75, 3.05) is 7.11 Å². The first-order valence-electron chi connectivity index (χ1n) is 9.92. The first kappa shape index (κ1) is 24.4. The van der Waals surface area contributed by atoms with Crippen molar-refractivity contribution in [2.24, 2.45) is 0 Å². The highest BCUT2D eigenvalue weighted by molar-refractivity contribution is 8.13. The maximum Gasteiger partial charge on any atom is 0.264 e. The van der Waals surface area contributed by atoms with E-state index in [0.717, 1.165) is 5.56 Å². The molecular formula is C24H21ClFNO5S. The molecule has 0 saturated heterocycles. The van der Waals surface area contributed by atoms with Crippen LogP contribution in [-0.4, -0.2) is 33.3 Å². The van der Waals surface area contributed by atoms with Gasteiger partial charge in [-0.1, -0.05) is 36.4 Å². The third-order valence-electron chi connectivity index (χ3n) is 4.95. The Balaban J connectivity index is 1.84. The van der Waals surface area contributed by atoms with Crippen molar-refractivity contribution in [1.29, 1.82) is 0 Å². The molecule has 6 nitrogen and oxygen atoms in total. The highest BCUT2D eigenvalue weighted by Crippen LogP contribution is 2.28. The number of hydrogen-bond acceptors (Lipinski definition) is 5. The van der Waals surface area contributed by atoms with Gasteiger partial charge in [-0.25, -0.2) is 12.8 Å². The molecule has 3 aromatic carbocycles. The summed E-state index contributed by atoms with van der Waals surface area (Å²) in [5.74, 6) is -1.26. The third-order valence-corrected chi connectivity index (χ3v) is 6.31. The van der Waals surface area contributed by atoms with Crippen LogP contribution in [0.3, 0.4) is 0 Å². The van der Waals surface area contributed by atoms with E-state index in [1.165, 1.54) is 49.6 Å². The largest absolute Gasteiger partial charge is 0.495 e. The summed E-state index contributed by atoms with van der Waals surface area (Å²) in [5.41, 5.74) is 1.56. The number of ether oxygens (including phenoxy) is 1. The van der Waals surface area contributed by atoms with Crippen molar-refractivity contribution in [2.45, 2.75) is 23.8 Å². The standard InChI is InChI=1S/C24H21ClFNO5S/c1-32-22-15-17(7-12-23(22)33(25,30)31)14-21(28)20(13-16-5-3-2-4-6-16)27-24(29)18-8-10-19(26)11-9-18/h2-12,15,20H,13-14H2,1H3,(H,27,29)/t20-/m0/s1. The SMILES string of the molecule is COc1cc(CC(=O)[C@H](Cc2ccccc2)NC(=O)c2ccc(F)cc2)ccc1S(=O)(=O)Cl. The lowest BCUT2D eigenvalue weighted by atomic mass is 9.97. The van der Waals surface area contributed by atoms with Gasteiger partial charge in [-0.05, 0) is 53.9 Å². The van der Waals surface area contributed by atoms with Gasteiger partial charge in [-0.15, -0.1) is 0 Å². The van der Waals surface area contributed by atoms with Gasteiger partial charge in [0.15, 0.2) is 5.78 Å². The molecule has 0 aliphatic carbocycles. The fraction of sp³-hybridized carbons (Fsp3) is 0.167. The Hall–Kier alpha value is -3.23. The van der Waals surface area contributed by atoms with Crippen LogP contribution in [0, 0.1) is 5.82 Å². The monoisotopic (exact) mass is 489 g/mol. The first-order valence-corrected chi connectivity index (χ1v) is 12.2. The van der Waals surface area contributed by atoms with Crippen molar-refractivity contribution < 1.29 is 27.1 Å². The number of amides is 1. The van der Waals surface area contributed by atoms with E-state index >= 15 is 0 Å². The second-order valence-corrected chi connectivity index (χ2v) is 9.82. The van der Waals surface area contributed by atoms with E-state index in [0.29, 0.717) is 5.56 Å². The van der Waals surface area contributed by atoms with Crippen LogP contribution in [0.25, 0.3) is 0 Å². The molecule has 3 aromatic rings. The zero-order valence-electron chi connectivity index (χ0n) is 17.6. The van der Waals surface area contributed by atoms with E-state index in [2.05, 4.69) is 5.32 Å². The third kappa shape index (κ3) is 6.63. The van der Waals surface area contributed by atoms with Crippen LogP contribution in [0.1, 0.15) is 21.5 Å². The molecule has 172 valence electrons. The van der Waals surface area contributed by atoms with Crippen LogP contribution in [0.2, 0.25) is 0 Å². The molecule has 0 aliphatic heterocycles. The summed E-state index contributed by atoms with van der Waals surface area (Å²) < 4.78 is 41.7. The Kier molecular flexibility index (Phi) is 7.84. The number of halogens is 2. The van der Waals surface area contributed by atoms with Crippen molar-refractivity contribution in [3.8, 4) is 5.75 Å². The van der Waals surface area contributed by atoms with Crippen LogP contribution in [0.4, 0.5) is 4.39 Å². The minimum Gasteiger partial charge on any atom is -0.495 e. The Morgan fingerprint density at radius 1 is 1.00 bits per heavy atom. The van der Waals surface area contributed by atoms with Gasteiger partial charge in [0.25, 0.3) is 15.0 Å². The summed E-state index contributed by atoms with van der Waals surface area (Å²) in [7, 11) is 2.70. The molecule has 1 amide bonds. The van der Waals surface area contributed by atoms with Gasteiger partial charge >= 0.3 is 0 Å². The molecule has 0 aliphatic rings. The van der Waals surface area contributed by atoms with Gasteiger partial charge in [-0.2, -0.15) is 0 Å². The summed E-state index contributed by atoms with van der Waals surface area (Å²) in [6, 6.07) is 17.5. The molecule has 9 heteroatoms. The lowest BCUT2D eigenvalue weighted by molar-refractivity contribution is -0.120. The summed E-state index contributed by atoms with van der Waals surface area (Å²) in [5, 5.41) is 2.73. The van der Waals surface area contributed by atoms with Gasteiger partial charge < -0.3 is 10.1 Å². The lowest BCUT2D eigenvalue weighted by Gasteiger charge is -2.18. The Labute approximate surface area is 195 Å². The second-order valence-electron chi connectivity index (χ2n) is 7.29. The fourth-order valence-electron chi connectivity index (χ4n) is 3.29. The van der Waals surface area contributed by atoms with E-state index in [-0.39, 0.29) is 34.8 Å². The van der Waals surface area contributed by atoms with Crippen LogP contribution in [0.5, 0.6) is 5.75 Å². The Morgan fingerprint density at radius 2 is 1.67 bits per heavy atom. The van der Waals surface area contributed by atoms with Crippen LogP contribution >= 0.6 is 10.7 Å². The van der Waals surface area contributed by atoms with Gasteiger partial charge in [0, 0.05) is 22.7 Å². The molecule has 0 unspecified atom stereocenters. The maximum atomic E-state index is 13.2. The van der Waals surface area contributed by atoms with Crippen molar-refractivity contribution in [3.63, 3.8) is 0 Å². The Bertz CT molecular complexity index is 1250. The predicted molar refractivity (Wildman–Crippen MR) is 123 cm³/mol. The normalized spacial score (nSPS) is 12.1. The number of hydrogen-bond donors (Lipinski definition) is 1. The maximum absolute atomic E-state index is 13.2. The zero-order chi connectivity index (χ0) is 24.0. The smallest absolute Gasteiger partial charge is 0.264 e. The number of Topliss-reactive ketones (excluding diaryl/α,β-unsaturated/α-hetero) is 1. The molecule has 0 fully saturated rings. The molecule has 33 heavy (non-hydrogen) atoms. The number of carbonyl (C=O) groups excluding carboxylic acids is 2. The highest BCUT2D eigenvalue weighted by atomic mass is 35.7. The number of benzene rings is 3. The molecule has 1 atom stereocenters. The van der Waals surface area contributed by atoms with E-state index in [1.54, 1.807) is 0 Å². The first-order chi connectivity index (χ1) is 15.7. The quantitative estimate of drug-likeness (QED) is 0.460. The van der Waals surface area contributed by atoms with Crippen LogP contribution in [0.15, 0.2) is 77.7 Å². The number of rotatable bonds is 9. The molecule has 0 aromatic heterocycles. The molecular weight excluding hydrogens is 469 g/mol. The van der Waals surface area contributed by atoms with Crippen molar-refractivity contribution >= 4 is 31.4 Å². The molecule has 3 rings (SSSR count). The van der Waals surface area contributed by atoms with E-state index in [4.69, 9.17) is 15.4 Å². The number of carbonyl (C=O) groups is 2. The number of nitrogens with one attached hydrogen (secondary N) is 1. The van der Waals surface area contributed by atoms with E-state index in [9.17, 15) is 22.4 Å². The molecule has 0 saturated carbocycles. The average Bonchev–Trinajstić information content (AvgIpc) is 2.78. The van der Waals surface area contributed by atoms with Gasteiger partial charge in [0.1, 0.15) is 16.5 Å². The number of ketones is 1. The summed E-state index contributed by atoms with van der Waals surface area (Å²) in [6.45, 7) is 0. The number of methoxy groups -OCH3 is 1. The minimum atomic E-state index is -4.02. The zero-order valence-corrected chi connectivity index (χ0v) is 19.2. The van der Waals surface area contributed by atoms with Gasteiger partial charge in [0.05, 0.1) is 13.2 Å². The molecule has 0 heterocycles. The summed E-state index contributed by atoms with van der Waals surface area (Å²) >= 11 is 0. The summed E-state index contributed by atoms with van der Waals surface area (Å²) in [4.78, 5) is 25.6. The topological polar surface area (TPSA) is 89.5 Å². The molecule has 0 radical (unpaired) electrons. The molecule has 1 N–H and O–H groups in total. The highest BCUT2D eigenvalue weighted by Gasteiger charge is 2.24. The average molecular weight is 490 g/mol. The minimum absolute atomic E-state index is 0.0188. The lowest BCUT2D eigenvalue weighted by Crippen LogP contribution is -2.43. The van der Waals surface area contributed by atoms with Crippen molar-refractivity contribution in [1.82, 2.24) is 5.32 Å².